The minimum absolute atomic E-state index is 0.605. The molecule has 0 bridgehead atoms. The van der Waals surface area contributed by atoms with Crippen LogP contribution in [0.2, 0.25) is 0 Å². The van der Waals surface area contributed by atoms with Gasteiger partial charge in [-0.3, -0.25) is 0 Å². The smallest absolute Gasteiger partial charge is 0.282 e. The highest BCUT2D eigenvalue weighted by atomic mass is 16.9. The number of hydrogen-bond donors (Lipinski definition) is 0. The maximum Gasteiger partial charge on any atom is 0.282 e. The van der Waals surface area contributed by atoms with Crippen LogP contribution in [0.25, 0.3) is 0 Å². The summed E-state index contributed by atoms with van der Waals surface area (Å²) in [4.78, 5) is 0. The molecule has 0 rings (SSSR count). The highest BCUT2D eigenvalue weighted by Crippen LogP contribution is 2.19. The van der Waals surface area contributed by atoms with E-state index < -0.39 is 11.9 Å². The SMILES string of the molecule is CCCC(OC)(OC)OC.CCOC(CC)(OCC)OCC. The van der Waals surface area contributed by atoms with Crippen molar-refractivity contribution >= 4 is 0 Å². The molecular formula is C16H36O6. The molecule has 0 saturated carbocycles. The lowest BCUT2D eigenvalue weighted by Crippen LogP contribution is -2.38. The minimum atomic E-state index is -0.825. The van der Waals surface area contributed by atoms with Crippen molar-refractivity contribution in [2.24, 2.45) is 0 Å². The lowest BCUT2D eigenvalue weighted by atomic mass is 10.3. The summed E-state index contributed by atoms with van der Waals surface area (Å²) in [5.74, 6) is -1.63. The minimum Gasteiger partial charge on any atom is -0.331 e. The van der Waals surface area contributed by atoms with Crippen molar-refractivity contribution < 1.29 is 28.4 Å². The Kier molecular flexibility index (Phi) is 15.7. The van der Waals surface area contributed by atoms with E-state index >= 15 is 0 Å². The van der Waals surface area contributed by atoms with Gasteiger partial charge >= 0.3 is 0 Å². The van der Waals surface area contributed by atoms with Gasteiger partial charge in [0.25, 0.3) is 11.9 Å². The van der Waals surface area contributed by atoms with Crippen molar-refractivity contribution in [3.8, 4) is 0 Å². The van der Waals surface area contributed by atoms with Gasteiger partial charge in [-0.2, -0.15) is 0 Å². The van der Waals surface area contributed by atoms with Crippen LogP contribution in [0.3, 0.4) is 0 Å². The van der Waals surface area contributed by atoms with Crippen LogP contribution in [0.15, 0.2) is 0 Å². The lowest BCUT2D eigenvalue weighted by Gasteiger charge is -2.31. The largest absolute Gasteiger partial charge is 0.331 e. The van der Waals surface area contributed by atoms with Crippen LogP contribution in [0.4, 0.5) is 0 Å². The van der Waals surface area contributed by atoms with Crippen LogP contribution in [-0.4, -0.2) is 53.1 Å². The molecule has 22 heavy (non-hydrogen) atoms. The first kappa shape index (κ1) is 24.0. The molecule has 0 atom stereocenters. The van der Waals surface area contributed by atoms with E-state index in [0.717, 1.165) is 12.8 Å². The maximum atomic E-state index is 5.42. The molecule has 0 aliphatic carbocycles. The summed E-state index contributed by atoms with van der Waals surface area (Å²) in [5, 5.41) is 0. The fourth-order valence-electron chi connectivity index (χ4n) is 1.95. The van der Waals surface area contributed by atoms with Crippen molar-refractivity contribution in [1.82, 2.24) is 0 Å². The molecule has 6 heteroatoms. The second-order valence-electron chi connectivity index (χ2n) is 4.38. The monoisotopic (exact) mass is 324 g/mol. The second kappa shape index (κ2) is 14.4. The van der Waals surface area contributed by atoms with Crippen molar-refractivity contribution in [3.63, 3.8) is 0 Å². The van der Waals surface area contributed by atoms with Gasteiger partial charge in [0.05, 0.1) is 0 Å². The van der Waals surface area contributed by atoms with Crippen LogP contribution in [-0.2, 0) is 28.4 Å². The molecule has 0 aliphatic heterocycles. The topological polar surface area (TPSA) is 55.4 Å². The van der Waals surface area contributed by atoms with E-state index in [1.807, 2.05) is 34.6 Å². The Labute approximate surface area is 136 Å². The van der Waals surface area contributed by atoms with Gasteiger partial charge in [0.15, 0.2) is 0 Å². The van der Waals surface area contributed by atoms with Crippen molar-refractivity contribution in [1.29, 1.82) is 0 Å². The molecule has 0 aromatic heterocycles. The third-order valence-electron chi connectivity index (χ3n) is 3.01. The van der Waals surface area contributed by atoms with Crippen LogP contribution < -0.4 is 0 Å². The molecule has 0 spiro atoms. The van der Waals surface area contributed by atoms with Gasteiger partial charge in [-0.15, -0.1) is 0 Å². The van der Waals surface area contributed by atoms with Crippen molar-refractivity contribution in [2.75, 3.05) is 41.2 Å². The van der Waals surface area contributed by atoms with Crippen molar-refractivity contribution in [2.45, 2.75) is 65.8 Å². The van der Waals surface area contributed by atoms with Gasteiger partial charge in [-0.05, 0) is 27.2 Å². The quantitative estimate of drug-likeness (QED) is 0.512. The molecule has 136 valence electrons. The van der Waals surface area contributed by atoms with Gasteiger partial charge in [-0.1, -0.05) is 13.8 Å². The number of methoxy groups -OCH3 is 3. The molecule has 0 unspecified atom stereocenters. The Hall–Kier alpha value is -0.240. The zero-order chi connectivity index (χ0) is 17.5. The summed E-state index contributed by atoms with van der Waals surface area (Å²) in [6, 6.07) is 0. The molecule has 0 aliphatic rings. The first-order chi connectivity index (χ1) is 10.5. The third-order valence-corrected chi connectivity index (χ3v) is 3.01. The van der Waals surface area contributed by atoms with Gasteiger partial charge in [0.1, 0.15) is 0 Å². The molecule has 0 saturated heterocycles. The Morgan fingerprint density at radius 3 is 1.09 bits per heavy atom. The number of rotatable bonds is 12. The average Bonchev–Trinajstić information content (AvgIpc) is 2.54. The Bertz CT molecular complexity index is 205. The molecule has 0 fully saturated rings. The highest BCUT2D eigenvalue weighted by Gasteiger charge is 2.29. The van der Waals surface area contributed by atoms with E-state index in [1.54, 1.807) is 21.3 Å². The number of hydrogen-bond acceptors (Lipinski definition) is 6. The van der Waals surface area contributed by atoms with Gasteiger partial charge in [-0.25, -0.2) is 0 Å². The highest BCUT2D eigenvalue weighted by molar-refractivity contribution is 4.53. The van der Waals surface area contributed by atoms with E-state index in [4.69, 9.17) is 28.4 Å². The summed E-state index contributed by atoms with van der Waals surface area (Å²) in [7, 11) is 4.72. The van der Waals surface area contributed by atoms with E-state index in [1.165, 1.54) is 0 Å². The second-order valence-corrected chi connectivity index (χ2v) is 4.38. The van der Waals surface area contributed by atoms with Crippen LogP contribution in [0.5, 0.6) is 0 Å². The van der Waals surface area contributed by atoms with E-state index in [0.29, 0.717) is 26.2 Å². The van der Waals surface area contributed by atoms with E-state index in [2.05, 4.69) is 0 Å². The standard InChI is InChI=1S/C9H20O3.C7H16O3/c1-5-9(10-6-2,11-7-3)12-8-4;1-5-6-7(8-2,9-3)10-4/h5-8H2,1-4H3;5-6H2,1-4H3. The third kappa shape index (κ3) is 9.02. The van der Waals surface area contributed by atoms with Gasteiger partial charge < -0.3 is 28.4 Å². The molecule has 6 nitrogen and oxygen atoms in total. The fraction of sp³-hybridized carbons (Fsp3) is 1.00. The van der Waals surface area contributed by atoms with Crippen LogP contribution >= 0.6 is 0 Å². The zero-order valence-electron chi connectivity index (χ0n) is 15.7. The Balaban J connectivity index is 0. The summed E-state index contributed by atoms with van der Waals surface area (Å²) >= 11 is 0. The fourth-order valence-corrected chi connectivity index (χ4v) is 1.95. The molecular weight excluding hydrogens is 288 g/mol. The van der Waals surface area contributed by atoms with Gasteiger partial charge in [0, 0.05) is 54.0 Å². The van der Waals surface area contributed by atoms with E-state index in [9.17, 15) is 0 Å². The summed E-state index contributed by atoms with van der Waals surface area (Å²) in [6.45, 7) is 11.6. The predicted molar refractivity (Wildman–Crippen MR) is 86.6 cm³/mol. The van der Waals surface area contributed by atoms with Crippen LogP contribution in [0, 0.1) is 0 Å². The summed E-state index contributed by atoms with van der Waals surface area (Å²) in [6.07, 6.45) is 2.43. The molecule has 0 amide bonds. The Morgan fingerprint density at radius 2 is 0.955 bits per heavy atom. The predicted octanol–water partition coefficient (Wildman–Crippen LogP) is 3.54. The first-order valence-electron chi connectivity index (χ1n) is 8.06. The summed E-state index contributed by atoms with van der Waals surface area (Å²) in [5.41, 5.74) is 0. The van der Waals surface area contributed by atoms with E-state index in [-0.39, 0.29) is 0 Å². The van der Waals surface area contributed by atoms with Gasteiger partial charge in [0.2, 0.25) is 0 Å². The molecule has 0 aromatic carbocycles. The molecule has 0 aromatic rings. The molecule has 0 heterocycles. The number of ether oxygens (including phenoxy) is 6. The average molecular weight is 324 g/mol. The van der Waals surface area contributed by atoms with Crippen LogP contribution in [0.1, 0.15) is 53.9 Å². The molecule has 0 radical (unpaired) electrons. The zero-order valence-corrected chi connectivity index (χ0v) is 15.7. The lowest BCUT2D eigenvalue weighted by molar-refractivity contribution is -0.377. The Morgan fingerprint density at radius 1 is 0.591 bits per heavy atom. The normalized spacial score (nSPS) is 12.0. The first-order valence-corrected chi connectivity index (χ1v) is 8.06. The summed E-state index contributed by atoms with van der Waals surface area (Å²) < 4.78 is 31.3. The maximum absolute atomic E-state index is 5.42. The van der Waals surface area contributed by atoms with Crippen molar-refractivity contribution in [3.05, 3.63) is 0 Å². The molecule has 0 N–H and O–H groups in total.